The highest BCUT2D eigenvalue weighted by atomic mass is 16.3. The molecule has 0 radical (unpaired) electrons. The predicted octanol–water partition coefficient (Wildman–Crippen LogP) is 0.301. The maximum Gasteiger partial charge on any atom is 0.115 e. The summed E-state index contributed by atoms with van der Waals surface area (Å²) in [5, 5.41) is 14.7. The maximum absolute atomic E-state index is 8.91. The van der Waals surface area contributed by atoms with E-state index in [-0.39, 0.29) is 12.3 Å². The second-order valence-corrected chi connectivity index (χ2v) is 3.14. The third-order valence-electron chi connectivity index (χ3n) is 2.16. The van der Waals surface area contributed by atoms with Crippen LogP contribution in [0.3, 0.4) is 0 Å². The van der Waals surface area contributed by atoms with E-state index in [1.54, 1.807) is 5.01 Å². The number of aliphatic hydroxyl groups is 1. The Bertz CT molecular complexity index is 177. The van der Waals surface area contributed by atoms with Crippen LogP contribution in [0.4, 0.5) is 0 Å². The summed E-state index contributed by atoms with van der Waals surface area (Å²) in [5.41, 5.74) is 3.70. The molecule has 0 saturated carbocycles. The van der Waals surface area contributed by atoms with Crippen molar-refractivity contribution in [2.24, 2.45) is 5.10 Å². The van der Waals surface area contributed by atoms with Gasteiger partial charge in [-0.25, -0.2) is 5.53 Å². The van der Waals surface area contributed by atoms with Gasteiger partial charge in [0.05, 0.1) is 11.3 Å². The van der Waals surface area contributed by atoms with E-state index in [0.29, 0.717) is 0 Å². The zero-order valence-corrected chi connectivity index (χ0v) is 7.26. The first-order valence-corrected chi connectivity index (χ1v) is 3.84. The summed E-state index contributed by atoms with van der Waals surface area (Å²) in [7, 11) is 0. The van der Waals surface area contributed by atoms with Crippen LogP contribution in [0.2, 0.25) is 0 Å². The summed E-state index contributed by atoms with van der Waals surface area (Å²) in [5.74, 6) is 0. The molecule has 0 aromatic carbocycles. The molecule has 11 heavy (non-hydrogen) atoms. The minimum absolute atomic E-state index is 0.0139. The van der Waals surface area contributed by atoms with Crippen molar-refractivity contribution >= 4 is 5.71 Å². The van der Waals surface area contributed by atoms with Gasteiger partial charge in [0.15, 0.2) is 0 Å². The van der Waals surface area contributed by atoms with Crippen molar-refractivity contribution in [3.05, 3.63) is 0 Å². The van der Waals surface area contributed by atoms with Gasteiger partial charge in [0.2, 0.25) is 0 Å². The van der Waals surface area contributed by atoms with Crippen molar-refractivity contribution in [1.29, 1.82) is 0 Å². The van der Waals surface area contributed by atoms with Crippen molar-refractivity contribution < 1.29 is 5.11 Å². The summed E-state index contributed by atoms with van der Waals surface area (Å²) in [6.07, 6.45) is 0.913. The Morgan fingerprint density at radius 2 is 2.27 bits per heavy atom. The van der Waals surface area contributed by atoms with Crippen molar-refractivity contribution in [3.8, 4) is 0 Å². The van der Waals surface area contributed by atoms with Gasteiger partial charge in [0, 0.05) is 0 Å². The van der Waals surface area contributed by atoms with Gasteiger partial charge in [0.25, 0.3) is 0 Å². The quantitative estimate of drug-likeness (QED) is 0.606. The number of hydrogen-bond donors (Lipinski definition) is 2. The van der Waals surface area contributed by atoms with Crippen LogP contribution < -0.4 is 5.53 Å². The average Bonchev–Trinajstić information content (AvgIpc) is 2.24. The van der Waals surface area contributed by atoms with Gasteiger partial charge in [0.1, 0.15) is 6.73 Å². The first-order valence-electron chi connectivity index (χ1n) is 3.84. The molecule has 1 aliphatic rings. The molecule has 0 aliphatic carbocycles. The van der Waals surface area contributed by atoms with E-state index in [9.17, 15) is 0 Å². The molecule has 0 bridgehead atoms. The van der Waals surface area contributed by atoms with Crippen LogP contribution in [0.15, 0.2) is 5.10 Å². The van der Waals surface area contributed by atoms with E-state index >= 15 is 0 Å². The van der Waals surface area contributed by atoms with Gasteiger partial charge in [-0.3, -0.25) is 0 Å². The summed E-state index contributed by atoms with van der Waals surface area (Å²) in [6.45, 7) is 6.11. The predicted molar refractivity (Wildman–Crippen MR) is 43.9 cm³/mol. The van der Waals surface area contributed by atoms with Crippen molar-refractivity contribution in [2.45, 2.75) is 32.7 Å². The molecule has 1 aliphatic heterocycles. The van der Waals surface area contributed by atoms with E-state index in [2.05, 4.69) is 17.6 Å². The molecule has 0 saturated heterocycles. The number of aliphatic hydroxyl groups excluding tert-OH is 1. The minimum atomic E-state index is -0.149. The Labute approximate surface area is 66.9 Å². The fourth-order valence-corrected chi connectivity index (χ4v) is 1.26. The van der Waals surface area contributed by atoms with E-state index < -0.39 is 0 Å². The largest absolute Gasteiger partial charge is 0.379 e. The first-order chi connectivity index (χ1) is 5.12. The molecule has 4 heteroatoms. The highest BCUT2D eigenvalue weighted by Crippen LogP contribution is 2.20. The lowest BCUT2D eigenvalue weighted by atomic mass is 9.96. The molecule has 0 amide bonds. The Morgan fingerprint density at radius 3 is 2.55 bits per heavy atom. The number of hydrazine groups is 1. The van der Waals surface area contributed by atoms with Crippen LogP contribution >= 0.6 is 0 Å². The van der Waals surface area contributed by atoms with E-state index in [4.69, 9.17) is 5.11 Å². The zero-order chi connectivity index (χ0) is 8.48. The Morgan fingerprint density at radius 1 is 1.64 bits per heavy atom. The van der Waals surface area contributed by atoms with E-state index in [1.807, 2.05) is 13.8 Å². The first kappa shape index (κ1) is 8.49. The van der Waals surface area contributed by atoms with Gasteiger partial charge < -0.3 is 5.11 Å². The summed E-state index contributed by atoms with van der Waals surface area (Å²) in [6, 6.07) is 0. The fraction of sp³-hybridized carbons (Fsp3) is 0.857. The van der Waals surface area contributed by atoms with Crippen LogP contribution in [0, 0.1) is 0 Å². The average molecular weight is 157 g/mol. The number of hydrogen-bond acceptors (Lipinski definition) is 4. The molecule has 0 fully saturated rings. The molecule has 0 aromatic heterocycles. The molecule has 1 heterocycles. The maximum atomic E-state index is 8.91. The van der Waals surface area contributed by atoms with Crippen molar-refractivity contribution in [1.82, 2.24) is 10.5 Å². The van der Waals surface area contributed by atoms with Crippen molar-refractivity contribution in [2.75, 3.05) is 6.73 Å². The van der Waals surface area contributed by atoms with E-state index in [1.165, 1.54) is 0 Å². The molecule has 2 N–H and O–H groups in total. The summed E-state index contributed by atoms with van der Waals surface area (Å²) >= 11 is 0. The van der Waals surface area contributed by atoms with Gasteiger partial charge in [-0.05, 0) is 20.3 Å². The van der Waals surface area contributed by atoms with E-state index in [0.717, 1.165) is 12.1 Å². The van der Waals surface area contributed by atoms with Crippen LogP contribution in [0.5, 0.6) is 0 Å². The monoisotopic (exact) mass is 157 g/mol. The normalized spacial score (nSPS) is 23.1. The molecule has 0 spiro atoms. The molecule has 1 rings (SSSR count). The molecule has 0 atom stereocenters. The SMILES string of the molecule is CCC1=NNN(CO)C1(C)C. The van der Waals surface area contributed by atoms with Crippen LogP contribution in [0.1, 0.15) is 27.2 Å². The van der Waals surface area contributed by atoms with Crippen LogP contribution in [0.25, 0.3) is 0 Å². The Balaban J connectivity index is 2.74. The zero-order valence-electron chi connectivity index (χ0n) is 7.26. The Kier molecular flexibility index (Phi) is 2.15. The molecule has 0 aromatic rings. The second kappa shape index (κ2) is 2.79. The molecule has 0 unspecified atom stereocenters. The van der Waals surface area contributed by atoms with Crippen LogP contribution in [-0.2, 0) is 0 Å². The van der Waals surface area contributed by atoms with Crippen molar-refractivity contribution in [3.63, 3.8) is 0 Å². The number of nitrogens with zero attached hydrogens (tertiary/aromatic N) is 2. The standard InChI is InChI=1S/C7H15N3O/c1-4-6-7(2,3)10(5-11)9-8-6/h9,11H,4-5H2,1-3H3. The van der Waals surface area contributed by atoms with Crippen LogP contribution in [-0.4, -0.2) is 28.1 Å². The second-order valence-electron chi connectivity index (χ2n) is 3.14. The summed E-state index contributed by atoms with van der Waals surface area (Å²) in [4.78, 5) is 0. The Hall–Kier alpha value is -0.610. The highest BCUT2D eigenvalue weighted by Gasteiger charge is 2.35. The fourth-order valence-electron chi connectivity index (χ4n) is 1.26. The summed E-state index contributed by atoms with van der Waals surface area (Å²) < 4.78 is 0. The smallest absolute Gasteiger partial charge is 0.115 e. The van der Waals surface area contributed by atoms with Gasteiger partial charge in [-0.2, -0.15) is 10.1 Å². The molecular formula is C7H15N3O. The highest BCUT2D eigenvalue weighted by molar-refractivity contribution is 5.93. The third kappa shape index (κ3) is 1.23. The lowest BCUT2D eigenvalue weighted by Crippen LogP contribution is -2.49. The number of rotatable bonds is 2. The lowest BCUT2D eigenvalue weighted by Gasteiger charge is -2.28. The molecule has 64 valence electrons. The number of hydrazone groups is 1. The number of nitrogens with one attached hydrogen (secondary N) is 1. The van der Waals surface area contributed by atoms with Gasteiger partial charge in [-0.1, -0.05) is 6.92 Å². The molecular weight excluding hydrogens is 142 g/mol. The third-order valence-corrected chi connectivity index (χ3v) is 2.16. The molecule has 4 nitrogen and oxygen atoms in total. The van der Waals surface area contributed by atoms with Gasteiger partial charge in [-0.15, -0.1) is 0 Å². The topological polar surface area (TPSA) is 47.9 Å². The van der Waals surface area contributed by atoms with Gasteiger partial charge >= 0.3 is 0 Å². The lowest BCUT2D eigenvalue weighted by molar-refractivity contribution is 0.0255. The minimum Gasteiger partial charge on any atom is -0.379 e.